The number of hydrogen-bond acceptors (Lipinski definition) is 8. The molecule has 10 nitrogen and oxygen atoms in total. The Morgan fingerprint density at radius 2 is 1.82 bits per heavy atom. The molecule has 5 rings (SSSR count). The lowest BCUT2D eigenvalue weighted by atomic mass is 10.0. The van der Waals surface area contributed by atoms with Crippen LogP contribution < -0.4 is 10.2 Å². The van der Waals surface area contributed by atoms with Gasteiger partial charge in [0.2, 0.25) is 11.9 Å². The van der Waals surface area contributed by atoms with E-state index in [1.54, 1.807) is 43.6 Å². The van der Waals surface area contributed by atoms with E-state index in [1.165, 1.54) is 36.5 Å². The predicted molar refractivity (Wildman–Crippen MR) is 164 cm³/mol. The van der Waals surface area contributed by atoms with Crippen molar-refractivity contribution in [2.75, 3.05) is 37.4 Å². The van der Waals surface area contributed by atoms with Gasteiger partial charge in [-0.05, 0) is 68.9 Å². The molecule has 1 atom stereocenters. The number of carbonyl (C=O) groups is 2. The van der Waals surface area contributed by atoms with Crippen molar-refractivity contribution in [2.45, 2.75) is 39.0 Å². The van der Waals surface area contributed by atoms with Crippen molar-refractivity contribution in [3.63, 3.8) is 0 Å². The summed E-state index contributed by atoms with van der Waals surface area (Å²) in [5.74, 6) is -1.01. The molecule has 2 amide bonds. The van der Waals surface area contributed by atoms with Gasteiger partial charge in [-0.2, -0.15) is 13.2 Å². The molecule has 1 aliphatic rings. The molecule has 45 heavy (non-hydrogen) atoms. The lowest BCUT2D eigenvalue weighted by molar-refractivity contribution is -0.138. The number of likely N-dealkylation sites (tertiary alicyclic amines) is 1. The first kappa shape index (κ1) is 31.7. The fraction of sp³-hybridized carbons (Fsp3) is 0.312. The minimum atomic E-state index is -4.63. The summed E-state index contributed by atoms with van der Waals surface area (Å²) in [6.45, 7) is 4.65. The van der Waals surface area contributed by atoms with Crippen molar-refractivity contribution in [1.29, 1.82) is 0 Å². The van der Waals surface area contributed by atoms with E-state index >= 15 is 0 Å². The maximum atomic E-state index is 14.1. The van der Waals surface area contributed by atoms with E-state index in [0.717, 1.165) is 12.5 Å². The summed E-state index contributed by atoms with van der Waals surface area (Å²) in [5, 5.41) is 2.68. The molecule has 0 spiro atoms. The summed E-state index contributed by atoms with van der Waals surface area (Å²) < 4.78 is 42.4. The predicted octanol–water partition coefficient (Wildman–Crippen LogP) is 5.33. The number of nitrogens with one attached hydrogen (secondary N) is 1. The number of amides is 2. The van der Waals surface area contributed by atoms with Gasteiger partial charge in [0.15, 0.2) is 0 Å². The zero-order chi connectivity index (χ0) is 32.3. The number of carbonyl (C=O) groups excluding carboxylic acids is 2. The normalized spacial score (nSPS) is 15.3. The molecule has 4 aromatic rings. The Hall–Kier alpha value is -4.75. The topological polar surface area (TPSA) is 107 Å². The van der Waals surface area contributed by atoms with Gasteiger partial charge in [0.25, 0.3) is 5.91 Å². The number of aryl methyl sites for hydroxylation is 1. The number of halogens is 3. The van der Waals surface area contributed by atoms with E-state index in [4.69, 9.17) is 0 Å². The van der Waals surface area contributed by atoms with E-state index in [9.17, 15) is 22.8 Å². The van der Waals surface area contributed by atoms with Gasteiger partial charge in [-0.1, -0.05) is 12.1 Å². The number of benzene rings is 2. The highest BCUT2D eigenvalue weighted by atomic mass is 19.4. The molecular formula is C32H33F3N8O2. The van der Waals surface area contributed by atoms with Crippen molar-refractivity contribution in [3.05, 3.63) is 89.6 Å². The third-order valence-electron chi connectivity index (χ3n) is 7.77. The molecule has 1 saturated heterocycles. The molecular weight excluding hydrogens is 585 g/mol. The molecule has 2 aromatic heterocycles. The van der Waals surface area contributed by atoms with E-state index in [1.807, 2.05) is 19.0 Å². The van der Waals surface area contributed by atoms with Crippen molar-refractivity contribution >= 4 is 29.1 Å². The van der Waals surface area contributed by atoms with E-state index < -0.39 is 17.6 Å². The van der Waals surface area contributed by atoms with Crippen molar-refractivity contribution in [2.24, 2.45) is 0 Å². The second kappa shape index (κ2) is 13.1. The summed E-state index contributed by atoms with van der Waals surface area (Å²) in [5.41, 5.74) is 1.64. The first-order chi connectivity index (χ1) is 21.4. The summed E-state index contributed by atoms with van der Waals surface area (Å²) >= 11 is 0. The Morgan fingerprint density at radius 1 is 1.07 bits per heavy atom. The quantitative estimate of drug-likeness (QED) is 0.282. The number of aromatic nitrogens is 4. The van der Waals surface area contributed by atoms with Crippen LogP contribution in [0, 0.1) is 6.92 Å². The molecule has 0 radical (unpaired) electrons. The van der Waals surface area contributed by atoms with Crippen LogP contribution in [0.5, 0.6) is 0 Å². The smallest absolute Gasteiger partial charge is 0.322 e. The average Bonchev–Trinajstić information content (AvgIpc) is 3.48. The number of likely N-dealkylation sites (N-methyl/N-ethyl adjacent to an activating group) is 1. The summed E-state index contributed by atoms with van der Waals surface area (Å²) in [4.78, 5) is 48.3. The van der Waals surface area contributed by atoms with Crippen LogP contribution in [0.2, 0.25) is 0 Å². The Labute approximate surface area is 259 Å². The third-order valence-corrected chi connectivity index (χ3v) is 7.77. The van der Waals surface area contributed by atoms with Gasteiger partial charge in [-0.15, -0.1) is 0 Å². The zero-order valence-corrected chi connectivity index (χ0v) is 25.3. The van der Waals surface area contributed by atoms with Crippen LogP contribution in [0.15, 0.2) is 67.4 Å². The maximum Gasteiger partial charge on any atom is 0.416 e. The monoisotopic (exact) mass is 618 g/mol. The van der Waals surface area contributed by atoms with Crippen LogP contribution in [0.4, 0.5) is 30.5 Å². The van der Waals surface area contributed by atoms with Crippen LogP contribution in [-0.4, -0.2) is 74.8 Å². The largest absolute Gasteiger partial charge is 0.416 e. The Morgan fingerprint density at radius 3 is 2.49 bits per heavy atom. The van der Waals surface area contributed by atoms with Crippen molar-refractivity contribution in [1.82, 2.24) is 29.7 Å². The van der Waals surface area contributed by atoms with Gasteiger partial charge >= 0.3 is 6.18 Å². The van der Waals surface area contributed by atoms with Gasteiger partial charge in [-0.3, -0.25) is 14.5 Å². The van der Waals surface area contributed by atoms with Gasteiger partial charge in [0, 0.05) is 68.0 Å². The number of hydrogen-bond donors (Lipinski definition) is 1. The molecule has 0 saturated carbocycles. The van der Waals surface area contributed by atoms with Crippen LogP contribution >= 0.6 is 0 Å². The lowest BCUT2D eigenvalue weighted by Gasteiger charge is -2.23. The third kappa shape index (κ3) is 7.32. The van der Waals surface area contributed by atoms with Crippen LogP contribution in [-0.2, 0) is 17.5 Å². The molecule has 2 aromatic carbocycles. The molecule has 3 heterocycles. The molecule has 1 fully saturated rings. The Kier molecular flexibility index (Phi) is 9.21. The highest BCUT2D eigenvalue weighted by Crippen LogP contribution is 2.35. The molecule has 0 aliphatic carbocycles. The number of anilines is 3. The molecule has 1 N–H and O–H groups in total. The number of rotatable bonds is 8. The fourth-order valence-electron chi connectivity index (χ4n) is 5.34. The fourth-order valence-corrected chi connectivity index (χ4v) is 5.34. The summed E-state index contributed by atoms with van der Waals surface area (Å²) in [7, 11) is 3.93. The Balaban J connectivity index is 1.39. The second-order valence-electron chi connectivity index (χ2n) is 11.2. The number of nitrogens with zero attached hydrogens (tertiary/aromatic N) is 7. The average molecular weight is 619 g/mol. The molecule has 0 bridgehead atoms. The van der Waals surface area contributed by atoms with E-state index in [2.05, 4.69) is 30.2 Å². The van der Waals surface area contributed by atoms with E-state index in [0.29, 0.717) is 35.6 Å². The first-order valence-corrected chi connectivity index (χ1v) is 14.3. The Bertz CT molecular complexity index is 1700. The highest BCUT2D eigenvalue weighted by Gasteiger charge is 2.35. The van der Waals surface area contributed by atoms with Gasteiger partial charge < -0.3 is 10.2 Å². The molecule has 13 heteroatoms. The molecule has 0 unspecified atom stereocenters. The van der Waals surface area contributed by atoms with Crippen LogP contribution in [0.3, 0.4) is 0 Å². The van der Waals surface area contributed by atoms with Crippen molar-refractivity contribution in [3.8, 4) is 11.3 Å². The van der Waals surface area contributed by atoms with Gasteiger partial charge in [-0.25, -0.2) is 24.8 Å². The molecule has 234 valence electrons. The van der Waals surface area contributed by atoms with Crippen molar-refractivity contribution < 1.29 is 22.8 Å². The minimum Gasteiger partial charge on any atom is -0.322 e. The molecule has 1 aliphatic heterocycles. The van der Waals surface area contributed by atoms with Crippen LogP contribution in [0.1, 0.15) is 40.4 Å². The summed E-state index contributed by atoms with van der Waals surface area (Å²) in [6, 6.07) is 10.5. The number of alkyl halides is 3. The van der Waals surface area contributed by atoms with Crippen LogP contribution in [0.25, 0.3) is 11.3 Å². The van der Waals surface area contributed by atoms with Gasteiger partial charge in [0.1, 0.15) is 6.33 Å². The SMILES string of the molecule is CC(=O)N(c1nccc(-c2cncnc2)n1)c1cc(NC(=O)c2ccc(CN3CC[C@@H](N(C)C)C3)c(C(F)(F)F)c2)ccc1C. The van der Waals surface area contributed by atoms with Gasteiger partial charge in [0.05, 0.1) is 16.9 Å². The minimum absolute atomic E-state index is 0.0933. The lowest BCUT2D eigenvalue weighted by Crippen LogP contribution is -2.31. The highest BCUT2D eigenvalue weighted by molar-refractivity contribution is 6.05. The zero-order valence-electron chi connectivity index (χ0n) is 25.3. The van der Waals surface area contributed by atoms with E-state index in [-0.39, 0.29) is 41.3 Å². The second-order valence-corrected chi connectivity index (χ2v) is 11.2. The first-order valence-electron chi connectivity index (χ1n) is 14.3. The summed E-state index contributed by atoms with van der Waals surface area (Å²) in [6.07, 6.45) is 2.32. The maximum absolute atomic E-state index is 14.1. The standard InChI is InChI=1S/C32H33F3N8O2/c1-20-5-8-25(14-29(20)43(21(2)44)31-38-11-9-28(40-31)24-15-36-19-37-16-24)39-30(45)22-6-7-23(27(13-22)32(33,34)35)17-42-12-10-26(18-42)41(3)4/h5-9,11,13-16,19,26H,10,12,17-18H2,1-4H3,(H,39,45)/t26-/m1/s1.